The zero-order valence-corrected chi connectivity index (χ0v) is 19.1. The number of fused-ring (bicyclic) bond motifs is 3. The Hall–Kier alpha value is -2.37. The average molecular weight is 443 g/mol. The number of nitrogens with one attached hydrogen (secondary N) is 1. The van der Waals surface area contributed by atoms with Crippen LogP contribution in [0.25, 0.3) is 0 Å². The number of benzene rings is 2. The van der Waals surface area contributed by atoms with E-state index in [1.807, 2.05) is 19.9 Å². The lowest BCUT2D eigenvalue weighted by Gasteiger charge is -2.32. The van der Waals surface area contributed by atoms with E-state index in [9.17, 15) is 9.59 Å². The lowest BCUT2D eigenvalue weighted by molar-refractivity contribution is 0.0984. The number of nitrogens with zero attached hydrogens (tertiary/aromatic N) is 1. The Labute approximate surface area is 190 Å². The van der Waals surface area contributed by atoms with Crippen LogP contribution in [0.3, 0.4) is 0 Å². The van der Waals surface area contributed by atoms with Crippen molar-refractivity contribution in [2.75, 3.05) is 25.0 Å². The van der Waals surface area contributed by atoms with E-state index in [-0.39, 0.29) is 24.1 Å². The van der Waals surface area contributed by atoms with Gasteiger partial charge < -0.3 is 10.1 Å². The molecular formula is C25H31ClN2O3. The second kappa shape index (κ2) is 10.3. The van der Waals surface area contributed by atoms with Crippen molar-refractivity contribution in [1.82, 2.24) is 4.90 Å². The summed E-state index contributed by atoms with van der Waals surface area (Å²) in [5, 5.41) is 3.03. The summed E-state index contributed by atoms with van der Waals surface area (Å²) in [4.78, 5) is 27.9. The lowest BCUT2D eigenvalue weighted by atomic mass is 9.92. The summed E-state index contributed by atoms with van der Waals surface area (Å²) in [6.07, 6.45) is 4.73. The molecule has 2 aliphatic rings. The summed E-state index contributed by atoms with van der Waals surface area (Å²) in [5.74, 6) is 0.322. The maximum atomic E-state index is 12.9. The molecule has 166 valence electrons. The summed E-state index contributed by atoms with van der Waals surface area (Å²) in [7, 11) is 0. The van der Waals surface area contributed by atoms with Crippen LogP contribution < -0.4 is 10.1 Å². The predicted molar refractivity (Wildman–Crippen MR) is 126 cm³/mol. The van der Waals surface area contributed by atoms with Crippen LogP contribution in [-0.2, 0) is 6.42 Å². The smallest absolute Gasteiger partial charge is 0.255 e. The number of amides is 1. The molecule has 0 aliphatic carbocycles. The van der Waals surface area contributed by atoms with Crippen molar-refractivity contribution in [3.63, 3.8) is 0 Å². The Morgan fingerprint density at radius 2 is 1.97 bits per heavy atom. The first-order valence-electron chi connectivity index (χ1n) is 11.1. The molecule has 4 rings (SSSR count). The van der Waals surface area contributed by atoms with Crippen LogP contribution in [0.4, 0.5) is 5.69 Å². The maximum absolute atomic E-state index is 12.9. The number of ether oxygens (including phenoxy) is 1. The molecule has 1 saturated heterocycles. The second-order valence-corrected chi connectivity index (χ2v) is 8.15. The fraction of sp³-hybridized carbons (Fsp3) is 0.440. The molecule has 2 aromatic carbocycles. The van der Waals surface area contributed by atoms with Gasteiger partial charge in [0.1, 0.15) is 5.75 Å². The van der Waals surface area contributed by atoms with Crippen molar-refractivity contribution in [2.24, 2.45) is 0 Å². The molecule has 31 heavy (non-hydrogen) atoms. The van der Waals surface area contributed by atoms with Gasteiger partial charge in [-0.15, -0.1) is 12.4 Å². The molecule has 2 aromatic rings. The van der Waals surface area contributed by atoms with Gasteiger partial charge in [0.05, 0.1) is 12.2 Å². The highest BCUT2D eigenvalue weighted by Gasteiger charge is 2.31. The number of ketones is 1. The Bertz CT molecular complexity index is 960. The number of hydrogen-bond acceptors (Lipinski definition) is 4. The number of carbonyl (C=O) groups is 2. The molecule has 0 spiro atoms. The van der Waals surface area contributed by atoms with Crippen LogP contribution >= 0.6 is 12.4 Å². The zero-order chi connectivity index (χ0) is 21.1. The van der Waals surface area contributed by atoms with Gasteiger partial charge in [0.25, 0.3) is 5.91 Å². The summed E-state index contributed by atoms with van der Waals surface area (Å²) >= 11 is 0. The largest absolute Gasteiger partial charge is 0.493 e. The molecule has 0 saturated carbocycles. The molecular weight excluding hydrogens is 412 g/mol. The molecule has 2 aliphatic heterocycles. The molecule has 1 atom stereocenters. The van der Waals surface area contributed by atoms with Crippen LogP contribution in [-0.4, -0.2) is 36.3 Å². The Morgan fingerprint density at radius 1 is 1.13 bits per heavy atom. The van der Waals surface area contributed by atoms with Crippen molar-refractivity contribution in [3.05, 3.63) is 58.7 Å². The molecule has 0 bridgehead atoms. The third-order valence-corrected chi connectivity index (χ3v) is 6.12. The minimum Gasteiger partial charge on any atom is -0.493 e. The first-order chi connectivity index (χ1) is 14.6. The molecule has 1 N–H and O–H groups in total. The molecule has 6 heteroatoms. The summed E-state index contributed by atoms with van der Waals surface area (Å²) < 4.78 is 5.71. The Balaban J connectivity index is 0.00000272. The molecule has 1 amide bonds. The van der Waals surface area contributed by atoms with Crippen LogP contribution in [0, 0.1) is 0 Å². The fourth-order valence-electron chi connectivity index (χ4n) is 4.54. The summed E-state index contributed by atoms with van der Waals surface area (Å²) in [6, 6.07) is 11.9. The van der Waals surface area contributed by atoms with E-state index in [0.717, 1.165) is 25.1 Å². The number of hydrogen-bond donors (Lipinski definition) is 1. The van der Waals surface area contributed by atoms with Crippen molar-refractivity contribution < 1.29 is 14.3 Å². The minimum atomic E-state index is -0.207. The summed E-state index contributed by atoms with van der Waals surface area (Å²) in [6.45, 7) is 6.68. The highest BCUT2D eigenvalue weighted by Crippen LogP contribution is 2.38. The number of rotatable bonds is 7. The van der Waals surface area contributed by atoms with E-state index >= 15 is 0 Å². The topological polar surface area (TPSA) is 58.6 Å². The third kappa shape index (κ3) is 4.94. The quantitative estimate of drug-likeness (QED) is 0.580. The van der Waals surface area contributed by atoms with Crippen LogP contribution in [0.2, 0.25) is 0 Å². The monoisotopic (exact) mass is 442 g/mol. The van der Waals surface area contributed by atoms with Gasteiger partial charge in [-0.2, -0.15) is 0 Å². The number of anilines is 1. The van der Waals surface area contributed by atoms with E-state index in [1.54, 1.807) is 18.2 Å². The van der Waals surface area contributed by atoms with E-state index in [2.05, 4.69) is 22.3 Å². The van der Waals surface area contributed by atoms with E-state index in [0.29, 0.717) is 35.9 Å². The average Bonchev–Trinajstić information content (AvgIpc) is 3.26. The van der Waals surface area contributed by atoms with E-state index < -0.39 is 0 Å². The molecule has 1 unspecified atom stereocenters. The Kier molecular flexibility index (Phi) is 7.74. The van der Waals surface area contributed by atoms with Gasteiger partial charge in [0, 0.05) is 30.3 Å². The lowest BCUT2D eigenvalue weighted by Crippen LogP contribution is -2.31. The van der Waals surface area contributed by atoms with E-state index in [1.165, 1.54) is 30.5 Å². The Morgan fingerprint density at radius 3 is 2.74 bits per heavy atom. The first kappa shape index (κ1) is 23.3. The van der Waals surface area contributed by atoms with Gasteiger partial charge in [-0.3, -0.25) is 14.5 Å². The standard InChI is InChI=1S/C25H30N2O3.ClH/c1-3-14-30-24-10-8-18(15-21(24)23(28)4-2)25(29)26-19-9-7-17-11-13-27-12-5-6-22(27)20(17)16-19;/h7-10,15-16,22H,3-6,11-14H2,1-2H3,(H,26,29);1H. The normalized spacial score (nSPS) is 17.3. The highest BCUT2D eigenvalue weighted by atomic mass is 35.5. The van der Waals surface area contributed by atoms with Gasteiger partial charge in [-0.05, 0) is 73.7 Å². The van der Waals surface area contributed by atoms with Crippen molar-refractivity contribution >= 4 is 29.8 Å². The third-order valence-electron chi connectivity index (χ3n) is 6.12. The van der Waals surface area contributed by atoms with Gasteiger partial charge in [-0.25, -0.2) is 0 Å². The highest BCUT2D eigenvalue weighted by molar-refractivity contribution is 6.07. The van der Waals surface area contributed by atoms with Crippen molar-refractivity contribution in [2.45, 2.75) is 52.0 Å². The van der Waals surface area contributed by atoms with Crippen molar-refractivity contribution in [1.29, 1.82) is 0 Å². The molecule has 1 fully saturated rings. The summed E-state index contributed by atoms with van der Waals surface area (Å²) in [5.41, 5.74) is 4.50. The van der Waals surface area contributed by atoms with Crippen LogP contribution in [0.1, 0.15) is 77.4 Å². The van der Waals surface area contributed by atoms with Gasteiger partial charge >= 0.3 is 0 Å². The van der Waals surface area contributed by atoms with Gasteiger partial charge in [-0.1, -0.05) is 19.9 Å². The maximum Gasteiger partial charge on any atom is 0.255 e. The minimum absolute atomic E-state index is 0. The zero-order valence-electron chi connectivity index (χ0n) is 18.3. The predicted octanol–water partition coefficient (Wildman–Crippen LogP) is 5.44. The van der Waals surface area contributed by atoms with Crippen LogP contribution in [0.15, 0.2) is 36.4 Å². The first-order valence-corrected chi connectivity index (χ1v) is 11.1. The fourth-order valence-corrected chi connectivity index (χ4v) is 4.54. The van der Waals surface area contributed by atoms with E-state index in [4.69, 9.17) is 4.74 Å². The molecule has 0 radical (unpaired) electrons. The number of Topliss-reactive ketones (excluding diaryl/α,β-unsaturated/α-hetero) is 1. The SMILES string of the molecule is CCCOc1ccc(C(=O)Nc2ccc3c(c2)C2CCCN2CC3)cc1C(=O)CC.Cl. The second-order valence-electron chi connectivity index (χ2n) is 8.15. The van der Waals surface area contributed by atoms with Crippen molar-refractivity contribution in [3.8, 4) is 5.75 Å². The number of halogens is 1. The van der Waals surface area contributed by atoms with Crippen LogP contribution in [0.5, 0.6) is 5.75 Å². The number of carbonyl (C=O) groups excluding carboxylic acids is 2. The molecule has 5 nitrogen and oxygen atoms in total. The van der Waals surface area contributed by atoms with Gasteiger partial charge in [0.15, 0.2) is 5.78 Å². The molecule has 2 heterocycles. The molecule has 0 aromatic heterocycles. The van der Waals surface area contributed by atoms with Gasteiger partial charge in [0.2, 0.25) is 0 Å².